The zero-order valence-electron chi connectivity index (χ0n) is 10.9. The van der Waals surface area contributed by atoms with Crippen LogP contribution in [-0.4, -0.2) is 25.7 Å². The third-order valence-electron chi connectivity index (χ3n) is 3.57. The van der Waals surface area contributed by atoms with E-state index in [0.29, 0.717) is 6.04 Å². The molecule has 2 heterocycles. The highest BCUT2D eigenvalue weighted by atomic mass is 19.1. The fourth-order valence-corrected chi connectivity index (χ4v) is 2.56. The molecule has 1 aliphatic rings. The highest BCUT2D eigenvalue weighted by molar-refractivity contribution is 5.68. The largest absolute Gasteiger partial charge is 0.472 e. The Morgan fingerprint density at radius 1 is 1.32 bits per heavy atom. The molecule has 1 aromatic carbocycles. The van der Waals surface area contributed by atoms with Crippen LogP contribution in [0.25, 0.3) is 11.1 Å². The molecule has 2 aromatic rings. The SMILES string of the molecule is C[C@H]1CNCCN1c1cc(F)cc(-c2ccoc2)c1. The minimum Gasteiger partial charge on any atom is -0.472 e. The van der Waals surface area contributed by atoms with Crippen molar-refractivity contribution in [1.29, 1.82) is 0 Å². The summed E-state index contributed by atoms with van der Waals surface area (Å²) in [7, 11) is 0. The standard InChI is InChI=1S/C15H17FN2O/c1-11-9-17-3-4-18(11)15-7-13(6-14(16)8-15)12-2-5-19-10-12/h2,5-8,10-11,17H,3-4,9H2,1H3/t11-/m0/s1. The molecule has 1 atom stereocenters. The van der Waals surface area contributed by atoms with Crippen LogP contribution in [-0.2, 0) is 0 Å². The van der Waals surface area contributed by atoms with Gasteiger partial charge in [-0.1, -0.05) is 0 Å². The van der Waals surface area contributed by atoms with Crippen molar-refractivity contribution in [3.63, 3.8) is 0 Å². The van der Waals surface area contributed by atoms with Crippen molar-refractivity contribution in [1.82, 2.24) is 5.32 Å². The lowest BCUT2D eigenvalue weighted by Gasteiger charge is -2.36. The van der Waals surface area contributed by atoms with E-state index in [1.54, 1.807) is 24.7 Å². The Bertz CT molecular complexity index is 553. The normalized spacial score (nSPS) is 19.7. The van der Waals surface area contributed by atoms with E-state index >= 15 is 0 Å². The average molecular weight is 260 g/mol. The van der Waals surface area contributed by atoms with Crippen LogP contribution in [0.3, 0.4) is 0 Å². The minimum absolute atomic E-state index is 0.209. The van der Waals surface area contributed by atoms with Crippen molar-refractivity contribution in [2.75, 3.05) is 24.5 Å². The smallest absolute Gasteiger partial charge is 0.125 e. The van der Waals surface area contributed by atoms with Crippen LogP contribution in [0.5, 0.6) is 0 Å². The lowest BCUT2D eigenvalue weighted by Crippen LogP contribution is -2.49. The molecule has 0 radical (unpaired) electrons. The van der Waals surface area contributed by atoms with Gasteiger partial charge in [0.15, 0.2) is 0 Å². The van der Waals surface area contributed by atoms with Gasteiger partial charge < -0.3 is 14.6 Å². The van der Waals surface area contributed by atoms with Gasteiger partial charge in [0.05, 0.1) is 12.5 Å². The Labute approximate surface area is 112 Å². The molecule has 1 fully saturated rings. The first-order valence-corrected chi connectivity index (χ1v) is 6.54. The van der Waals surface area contributed by atoms with Crippen molar-refractivity contribution in [3.05, 3.63) is 42.6 Å². The first kappa shape index (κ1) is 12.2. The summed E-state index contributed by atoms with van der Waals surface area (Å²) in [6.45, 7) is 4.91. The summed E-state index contributed by atoms with van der Waals surface area (Å²) < 4.78 is 18.9. The van der Waals surface area contributed by atoms with Crippen molar-refractivity contribution >= 4 is 5.69 Å². The summed E-state index contributed by atoms with van der Waals surface area (Å²) in [6.07, 6.45) is 3.24. The molecule has 1 aromatic heterocycles. The second kappa shape index (κ2) is 5.05. The molecule has 4 heteroatoms. The van der Waals surface area contributed by atoms with Crippen LogP contribution in [0.4, 0.5) is 10.1 Å². The van der Waals surface area contributed by atoms with Gasteiger partial charge in [-0.05, 0) is 36.8 Å². The van der Waals surface area contributed by atoms with E-state index in [2.05, 4.69) is 17.1 Å². The quantitative estimate of drug-likeness (QED) is 0.900. The van der Waals surface area contributed by atoms with Crippen molar-refractivity contribution in [3.8, 4) is 11.1 Å². The fourth-order valence-electron chi connectivity index (χ4n) is 2.56. The highest BCUT2D eigenvalue weighted by Gasteiger charge is 2.19. The maximum Gasteiger partial charge on any atom is 0.125 e. The molecule has 1 aliphatic heterocycles. The summed E-state index contributed by atoms with van der Waals surface area (Å²) in [5.41, 5.74) is 2.70. The Morgan fingerprint density at radius 3 is 2.95 bits per heavy atom. The van der Waals surface area contributed by atoms with Gasteiger partial charge in [0, 0.05) is 36.9 Å². The Balaban J connectivity index is 1.97. The number of anilines is 1. The summed E-state index contributed by atoms with van der Waals surface area (Å²) in [5.74, 6) is -0.209. The third kappa shape index (κ3) is 2.49. The molecule has 1 N–H and O–H groups in total. The zero-order chi connectivity index (χ0) is 13.2. The molecular weight excluding hydrogens is 243 g/mol. The van der Waals surface area contributed by atoms with E-state index < -0.39 is 0 Å². The molecule has 0 amide bonds. The average Bonchev–Trinajstić information content (AvgIpc) is 2.92. The van der Waals surface area contributed by atoms with Gasteiger partial charge in [-0.25, -0.2) is 4.39 Å². The number of nitrogens with one attached hydrogen (secondary N) is 1. The third-order valence-corrected chi connectivity index (χ3v) is 3.57. The number of nitrogens with zero attached hydrogens (tertiary/aromatic N) is 1. The Morgan fingerprint density at radius 2 is 2.21 bits per heavy atom. The molecule has 19 heavy (non-hydrogen) atoms. The molecular formula is C15H17FN2O. The van der Waals surface area contributed by atoms with Gasteiger partial charge in [0.1, 0.15) is 5.82 Å². The number of piperazine rings is 1. The van der Waals surface area contributed by atoms with E-state index in [1.807, 2.05) is 12.1 Å². The van der Waals surface area contributed by atoms with Crippen molar-refractivity contribution in [2.45, 2.75) is 13.0 Å². The van der Waals surface area contributed by atoms with Crippen LogP contribution < -0.4 is 10.2 Å². The molecule has 1 saturated heterocycles. The lowest BCUT2D eigenvalue weighted by atomic mass is 10.1. The predicted molar refractivity (Wildman–Crippen MR) is 73.8 cm³/mol. The number of hydrogen-bond acceptors (Lipinski definition) is 3. The molecule has 100 valence electrons. The van der Waals surface area contributed by atoms with Crippen molar-refractivity contribution in [2.24, 2.45) is 0 Å². The maximum atomic E-state index is 13.8. The van der Waals surface area contributed by atoms with Gasteiger partial charge in [-0.3, -0.25) is 0 Å². The maximum absolute atomic E-state index is 13.8. The summed E-state index contributed by atoms with van der Waals surface area (Å²) >= 11 is 0. The first-order chi connectivity index (χ1) is 9.24. The Kier molecular flexibility index (Phi) is 3.25. The summed E-state index contributed by atoms with van der Waals surface area (Å²) in [5, 5.41) is 3.34. The number of rotatable bonds is 2. The number of benzene rings is 1. The van der Waals surface area contributed by atoms with Gasteiger partial charge in [-0.15, -0.1) is 0 Å². The van der Waals surface area contributed by atoms with Gasteiger partial charge in [0.2, 0.25) is 0 Å². The molecule has 0 bridgehead atoms. The van der Waals surface area contributed by atoms with Crippen LogP contribution in [0.15, 0.2) is 41.2 Å². The van der Waals surface area contributed by atoms with E-state index in [9.17, 15) is 4.39 Å². The summed E-state index contributed by atoms with van der Waals surface area (Å²) in [6, 6.07) is 7.38. The van der Waals surface area contributed by atoms with Crippen LogP contribution in [0, 0.1) is 5.82 Å². The van der Waals surface area contributed by atoms with E-state index in [0.717, 1.165) is 36.4 Å². The van der Waals surface area contributed by atoms with Crippen LogP contribution >= 0.6 is 0 Å². The minimum atomic E-state index is -0.209. The highest BCUT2D eigenvalue weighted by Crippen LogP contribution is 2.28. The number of halogens is 1. The first-order valence-electron chi connectivity index (χ1n) is 6.54. The molecule has 3 nitrogen and oxygen atoms in total. The Hall–Kier alpha value is -1.81. The van der Waals surface area contributed by atoms with Crippen LogP contribution in [0.1, 0.15) is 6.92 Å². The molecule has 0 spiro atoms. The second-order valence-corrected chi connectivity index (χ2v) is 4.96. The molecule has 0 aliphatic carbocycles. The second-order valence-electron chi connectivity index (χ2n) is 4.96. The monoisotopic (exact) mass is 260 g/mol. The lowest BCUT2D eigenvalue weighted by molar-refractivity contribution is 0.499. The fraction of sp³-hybridized carbons (Fsp3) is 0.333. The molecule has 0 unspecified atom stereocenters. The van der Waals surface area contributed by atoms with Crippen LogP contribution in [0.2, 0.25) is 0 Å². The van der Waals surface area contributed by atoms with E-state index in [-0.39, 0.29) is 5.82 Å². The van der Waals surface area contributed by atoms with Gasteiger partial charge in [0.25, 0.3) is 0 Å². The number of furan rings is 1. The predicted octanol–water partition coefficient (Wildman–Crippen LogP) is 2.88. The topological polar surface area (TPSA) is 28.4 Å². The van der Waals surface area contributed by atoms with Gasteiger partial charge >= 0.3 is 0 Å². The summed E-state index contributed by atoms with van der Waals surface area (Å²) in [4.78, 5) is 2.24. The number of hydrogen-bond donors (Lipinski definition) is 1. The molecule has 0 saturated carbocycles. The zero-order valence-corrected chi connectivity index (χ0v) is 10.9. The van der Waals surface area contributed by atoms with E-state index in [4.69, 9.17) is 4.42 Å². The van der Waals surface area contributed by atoms with E-state index in [1.165, 1.54) is 0 Å². The van der Waals surface area contributed by atoms with Gasteiger partial charge in [-0.2, -0.15) is 0 Å². The van der Waals surface area contributed by atoms with Crippen molar-refractivity contribution < 1.29 is 8.81 Å². The molecule has 3 rings (SSSR count).